The molecule has 7 heteroatoms. The largest absolute Gasteiger partial charge is 0.486 e. The number of aromatic nitrogens is 3. The lowest BCUT2D eigenvalue weighted by molar-refractivity contribution is -0.116. The molecule has 0 saturated carbocycles. The number of rotatable bonds is 4. The third kappa shape index (κ3) is 3.06. The van der Waals surface area contributed by atoms with Gasteiger partial charge in [-0.1, -0.05) is 6.07 Å². The number of carbonyl (C=O) groups excluding carboxylic acids is 1. The van der Waals surface area contributed by atoms with Gasteiger partial charge in [0.1, 0.15) is 19.0 Å². The van der Waals surface area contributed by atoms with Crippen LogP contribution in [0.4, 0.5) is 5.95 Å². The van der Waals surface area contributed by atoms with Gasteiger partial charge in [-0.05, 0) is 37.0 Å². The summed E-state index contributed by atoms with van der Waals surface area (Å²) in [5, 5.41) is 11.1. The minimum Gasteiger partial charge on any atom is -0.486 e. The van der Waals surface area contributed by atoms with Gasteiger partial charge in [-0.3, -0.25) is 14.7 Å². The van der Waals surface area contributed by atoms with Crippen molar-refractivity contribution in [3.63, 3.8) is 0 Å². The van der Waals surface area contributed by atoms with Crippen molar-refractivity contribution in [3.05, 3.63) is 29.6 Å². The highest BCUT2D eigenvalue weighted by Gasteiger charge is 2.17. The van der Waals surface area contributed by atoms with Crippen molar-refractivity contribution in [2.45, 2.75) is 38.6 Å². The maximum atomic E-state index is 12.2. The zero-order valence-electron chi connectivity index (χ0n) is 13.5. The van der Waals surface area contributed by atoms with Crippen LogP contribution in [0.5, 0.6) is 11.5 Å². The second-order valence-electron chi connectivity index (χ2n) is 6.07. The first kappa shape index (κ1) is 15.0. The molecule has 7 nitrogen and oxygen atoms in total. The van der Waals surface area contributed by atoms with Crippen molar-refractivity contribution in [2.75, 3.05) is 18.5 Å². The molecule has 126 valence electrons. The standard InChI is InChI=1S/C17H20N4O3/c22-16(18-17-20-19-15-3-1-2-8-21(15)17)7-5-12-4-6-13-14(11-12)24-10-9-23-13/h4,6,11H,1-3,5,7-10H2,(H,18,20,22). The molecule has 24 heavy (non-hydrogen) atoms. The van der Waals surface area contributed by atoms with Crippen LogP contribution in [0.2, 0.25) is 0 Å². The first-order chi connectivity index (χ1) is 11.8. The van der Waals surface area contributed by atoms with Crippen molar-refractivity contribution >= 4 is 11.9 Å². The van der Waals surface area contributed by atoms with E-state index in [9.17, 15) is 4.79 Å². The molecule has 0 spiro atoms. The normalized spacial score (nSPS) is 15.7. The number of anilines is 1. The fraction of sp³-hybridized carbons (Fsp3) is 0.471. The number of aryl methyl sites for hydroxylation is 2. The fourth-order valence-electron chi connectivity index (χ4n) is 3.09. The van der Waals surface area contributed by atoms with Crippen molar-refractivity contribution in [1.29, 1.82) is 0 Å². The lowest BCUT2D eigenvalue weighted by Crippen LogP contribution is -2.19. The molecular formula is C17H20N4O3. The third-order valence-corrected chi connectivity index (χ3v) is 4.36. The minimum absolute atomic E-state index is 0.0503. The minimum atomic E-state index is -0.0503. The van der Waals surface area contributed by atoms with Gasteiger partial charge in [0.15, 0.2) is 11.5 Å². The quantitative estimate of drug-likeness (QED) is 0.928. The first-order valence-corrected chi connectivity index (χ1v) is 8.40. The molecule has 4 rings (SSSR count). The van der Waals surface area contributed by atoms with Gasteiger partial charge in [0.2, 0.25) is 11.9 Å². The lowest BCUT2D eigenvalue weighted by atomic mass is 10.1. The number of carbonyl (C=O) groups is 1. The predicted octanol–water partition coefficient (Wildman–Crippen LogP) is 1.96. The van der Waals surface area contributed by atoms with Crippen molar-refractivity contribution in [3.8, 4) is 11.5 Å². The highest BCUT2D eigenvalue weighted by atomic mass is 16.6. The summed E-state index contributed by atoms with van der Waals surface area (Å²) in [7, 11) is 0. The maximum absolute atomic E-state index is 12.2. The van der Waals surface area contributed by atoms with Gasteiger partial charge in [0.05, 0.1) is 0 Å². The van der Waals surface area contributed by atoms with Crippen LogP contribution in [0, 0.1) is 0 Å². The fourth-order valence-corrected chi connectivity index (χ4v) is 3.09. The average molecular weight is 328 g/mol. The number of hydrogen-bond donors (Lipinski definition) is 1. The van der Waals surface area contributed by atoms with E-state index in [0.717, 1.165) is 48.7 Å². The zero-order chi connectivity index (χ0) is 16.4. The summed E-state index contributed by atoms with van der Waals surface area (Å²) in [6.07, 6.45) is 4.20. The predicted molar refractivity (Wildman–Crippen MR) is 87.3 cm³/mol. The monoisotopic (exact) mass is 328 g/mol. The molecule has 0 aliphatic carbocycles. The Bertz CT molecular complexity index is 756. The summed E-state index contributed by atoms with van der Waals surface area (Å²) in [6, 6.07) is 5.82. The van der Waals surface area contributed by atoms with Gasteiger partial charge >= 0.3 is 0 Å². The summed E-state index contributed by atoms with van der Waals surface area (Å²) in [6.45, 7) is 2.02. The van der Waals surface area contributed by atoms with Crippen molar-refractivity contribution in [2.24, 2.45) is 0 Å². The molecule has 0 saturated heterocycles. The number of hydrogen-bond acceptors (Lipinski definition) is 5. The third-order valence-electron chi connectivity index (χ3n) is 4.36. The van der Waals surface area contributed by atoms with Crippen LogP contribution < -0.4 is 14.8 Å². The van der Waals surface area contributed by atoms with E-state index in [1.165, 1.54) is 0 Å². The lowest BCUT2D eigenvalue weighted by Gasteiger charge is -2.18. The van der Waals surface area contributed by atoms with Crippen molar-refractivity contribution in [1.82, 2.24) is 14.8 Å². The zero-order valence-corrected chi connectivity index (χ0v) is 13.5. The van der Waals surface area contributed by atoms with Crippen LogP contribution in [0.1, 0.15) is 30.7 Å². The second kappa shape index (κ2) is 6.51. The van der Waals surface area contributed by atoms with Crippen LogP contribution in [0.25, 0.3) is 0 Å². The molecule has 0 atom stereocenters. The Kier molecular flexibility index (Phi) is 4.06. The molecule has 1 N–H and O–H groups in total. The average Bonchev–Trinajstić information content (AvgIpc) is 3.03. The number of benzene rings is 1. The van der Waals surface area contributed by atoms with Gasteiger partial charge in [-0.15, -0.1) is 10.2 Å². The first-order valence-electron chi connectivity index (χ1n) is 8.40. The van der Waals surface area contributed by atoms with Gasteiger partial charge < -0.3 is 9.47 Å². The summed E-state index contributed by atoms with van der Waals surface area (Å²) in [5.74, 6) is 3.00. The smallest absolute Gasteiger partial charge is 0.231 e. The summed E-state index contributed by atoms with van der Waals surface area (Å²) < 4.78 is 13.1. The summed E-state index contributed by atoms with van der Waals surface area (Å²) in [4.78, 5) is 12.2. The van der Waals surface area contributed by atoms with Crippen LogP contribution in [-0.4, -0.2) is 33.9 Å². The SMILES string of the molecule is O=C(CCc1ccc2c(c1)OCCO2)Nc1nnc2n1CCCC2. The molecule has 0 unspecified atom stereocenters. The summed E-state index contributed by atoms with van der Waals surface area (Å²) >= 11 is 0. The Balaban J connectivity index is 1.36. The van der Waals surface area contributed by atoms with Gasteiger partial charge in [-0.25, -0.2) is 0 Å². The Labute approximate surface area is 140 Å². The molecule has 0 fully saturated rings. The Morgan fingerprint density at radius 2 is 2.04 bits per heavy atom. The highest BCUT2D eigenvalue weighted by Crippen LogP contribution is 2.31. The highest BCUT2D eigenvalue weighted by molar-refractivity contribution is 5.89. The molecule has 2 aliphatic heterocycles. The van der Waals surface area contributed by atoms with E-state index < -0.39 is 0 Å². The van der Waals surface area contributed by atoms with Crippen molar-refractivity contribution < 1.29 is 14.3 Å². The summed E-state index contributed by atoms with van der Waals surface area (Å²) in [5.41, 5.74) is 1.05. The molecule has 0 bridgehead atoms. The van der Waals surface area contributed by atoms with Gasteiger partial charge in [0, 0.05) is 19.4 Å². The van der Waals surface area contributed by atoms with E-state index >= 15 is 0 Å². The van der Waals surface area contributed by atoms with E-state index in [1.54, 1.807) is 0 Å². The van der Waals surface area contributed by atoms with Gasteiger partial charge in [0.25, 0.3) is 0 Å². The van der Waals surface area contributed by atoms with Crippen LogP contribution in [0.15, 0.2) is 18.2 Å². The van der Waals surface area contributed by atoms with E-state index in [-0.39, 0.29) is 5.91 Å². The van der Waals surface area contributed by atoms with Crippen LogP contribution >= 0.6 is 0 Å². The second-order valence-corrected chi connectivity index (χ2v) is 6.07. The van der Waals surface area contributed by atoms with E-state index in [1.807, 2.05) is 22.8 Å². The molecule has 1 aromatic carbocycles. The topological polar surface area (TPSA) is 78.3 Å². The molecule has 0 radical (unpaired) electrons. The van der Waals surface area contributed by atoms with E-state index in [2.05, 4.69) is 15.5 Å². The number of nitrogens with zero attached hydrogens (tertiary/aromatic N) is 3. The van der Waals surface area contributed by atoms with E-state index in [0.29, 0.717) is 32.0 Å². The number of ether oxygens (including phenoxy) is 2. The Hall–Kier alpha value is -2.57. The van der Waals surface area contributed by atoms with E-state index in [4.69, 9.17) is 9.47 Å². The Morgan fingerprint density at radius 1 is 1.17 bits per heavy atom. The molecule has 1 amide bonds. The molecule has 3 heterocycles. The Morgan fingerprint density at radius 3 is 2.96 bits per heavy atom. The maximum Gasteiger partial charge on any atom is 0.231 e. The number of amides is 1. The molecule has 1 aromatic heterocycles. The van der Waals surface area contributed by atoms with Crippen LogP contribution in [0.3, 0.4) is 0 Å². The molecule has 2 aliphatic rings. The van der Waals surface area contributed by atoms with Gasteiger partial charge in [-0.2, -0.15) is 0 Å². The molecular weight excluding hydrogens is 308 g/mol. The number of fused-ring (bicyclic) bond motifs is 2. The molecule has 2 aromatic rings. The van der Waals surface area contributed by atoms with Crippen LogP contribution in [-0.2, 0) is 24.2 Å². The number of nitrogens with one attached hydrogen (secondary N) is 1.